The van der Waals surface area contributed by atoms with Crippen LogP contribution in [0.5, 0.6) is 0 Å². The van der Waals surface area contributed by atoms with Gasteiger partial charge in [0.2, 0.25) is 0 Å². The first-order chi connectivity index (χ1) is 8.79. The molecule has 1 heterocycles. The van der Waals surface area contributed by atoms with Gasteiger partial charge in [-0.25, -0.2) is 0 Å². The molecule has 0 spiro atoms. The fourth-order valence-electron chi connectivity index (χ4n) is 3.09. The molecule has 1 N–H and O–H groups in total. The second kappa shape index (κ2) is 6.69. The van der Waals surface area contributed by atoms with Crippen molar-refractivity contribution < 1.29 is 4.74 Å². The lowest BCUT2D eigenvalue weighted by Gasteiger charge is -2.36. The standard InChI is InChI=1S/C15H29N3O/c1-11(2)17-15(5,10-16)9-12(3)18(6)14-7-8-19-13(14)4/h11-14,17H,7-9H2,1-6H3. The Kier molecular flexibility index (Phi) is 5.79. The van der Waals surface area contributed by atoms with E-state index in [-0.39, 0.29) is 0 Å². The van der Waals surface area contributed by atoms with E-state index >= 15 is 0 Å². The average molecular weight is 267 g/mol. The minimum atomic E-state index is -0.468. The highest BCUT2D eigenvalue weighted by Crippen LogP contribution is 2.23. The van der Waals surface area contributed by atoms with Crippen molar-refractivity contribution in [1.82, 2.24) is 10.2 Å². The first kappa shape index (κ1) is 16.4. The lowest BCUT2D eigenvalue weighted by molar-refractivity contribution is 0.0647. The predicted octanol–water partition coefficient (Wildman–Crippen LogP) is 2.15. The Hall–Kier alpha value is -0.630. The Morgan fingerprint density at radius 3 is 2.53 bits per heavy atom. The molecular formula is C15H29N3O. The van der Waals surface area contributed by atoms with Gasteiger partial charge in [0.15, 0.2) is 0 Å². The summed E-state index contributed by atoms with van der Waals surface area (Å²) in [6.45, 7) is 11.3. The van der Waals surface area contributed by atoms with Crippen molar-refractivity contribution >= 4 is 0 Å². The van der Waals surface area contributed by atoms with Crippen LogP contribution in [0.1, 0.15) is 47.5 Å². The van der Waals surface area contributed by atoms with Gasteiger partial charge >= 0.3 is 0 Å². The Bertz CT molecular complexity index is 326. The number of hydrogen-bond donors (Lipinski definition) is 1. The van der Waals surface area contributed by atoms with Gasteiger partial charge < -0.3 is 4.74 Å². The fraction of sp³-hybridized carbons (Fsp3) is 0.933. The lowest BCUT2D eigenvalue weighted by Crippen LogP contribution is -2.51. The third kappa shape index (κ3) is 4.45. The molecule has 0 saturated carbocycles. The van der Waals surface area contributed by atoms with Gasteiger partial charge in [-0.3, -0.25) is 10.2 Å². The van der Waals surface area contributed by atoms with Crippen LogP contribution in [0.4, 0.5) is 0 Å². The summed E-state index contributed by atoms with van der Waals surface area (Å²) >= 11 is 0. The minimum Gasteiger partial charge on any atom is -0.377 e. The normalized spacial score (nSPS) is 28.4. The highest BCUT2D eigenvalue weighted by Gasteiger charge is 2.34. The minimum absolute atomic E-state index is 0.291. The van der Waals surface area contributed by atoms with Crippen LogP contribution in [0, 0.1) is 11.3 Å². The Morgan fingerprint density at radius 2 is 2.11 bits per heavy atom. The molecule has 110 valence electrons. The lowest BCUT2D eigenvalue weighted by atomic mass is 9.92. The molecule has 0 radical (unpaired) electrons. The monoisotopic (exact) mass is 267 g/mol. The van der Waals surface area contributed by atoms with Gasteiger partial charge in [0, 0.05) is 24.7 Å². The summed E-state index contributed by atoms with van der Waals surface area (Å²) in [6, 6.07) is 3.57. The summed E-state index contributed by atoms with van der Waals surface area (Å²) in [5.74, 6) is 0. The van der Waals surface area contributed by atoms with Gasteiger partial charge in [-0.05, 0) is 54.5 Å². The van der Waals surface area contributed by atoms with Gasteiger partial charge in [-0.1, -0.05) is 0 Å². The largest absolute Gasteiger partial charge is 0.377 e. The van der Waals surface area contributed by atoms with Crippen molar-refractivity contribution in [1.29, 1.82) is 5.26 Å². The molecule has 0 amide bonds. The van der Waals surface area contributed by atoms with E-state index in [4.69, 9.17) is 4.74 Å². The second-order valence-corrected chi connectivity index (χ2v) is 6.39. The zero-order valence-electron chi connectivity index (χ0n) is 13.2. The number of nitriles is 1. The van der Waals surface area contributed by atoms with Crippen LogP contribution >= 0.6 is 0 Å². The zero-order chi connectivity index (χ0) is 14.6. The van der Waals surface area contributed by atoms with Crippen LogP contribution in [0.15, 0.2) is 0 Å². The van der Waals surface area contributed by atoms with E-state index in [0.717, 1.165) is 19.4 Å². The molecule has 1 saturated heterocycles. The van der Waals surface area contributed by atoms with Crippen molar-refractivity contribution in [3.63, 3.8) is 0 Å². The highest BCUT2D eigenvalue weighted by molar-refractivity contribution is 5.06. The van der Waals surface area contributed by atoms with E-state index in [1.54, 1.807) is 0 Å². The smallest absolute Gasteiger partial charge is 0.105 e. The quantitative estimate of drug-likeness (QED) is 0.801. The number of nitrogens with one attached hydrogen (secondary N) is 1. The van der Waals surface area contributed by atoms with E-state index in [1.807, 2.05) is 6.92 Å². The Balaban J connectivity index is 2.62. The van der Waals surface area contributed by atoms with Crippen LogP contribution in [0.3, 0.4) is 0 Å². The van der Waals surface area contributed by atoms with E-state index in [0.29, 0.717) is 24.2 Å². The van der Waals surface area contributed by atoms with Crippen molar-refractivity contribution in [3.05, 3.63) is 0 Å². The van der Waals surface area contributed by atoms with Gasteiger partial charge in [-0.15, -0.1) is 0 Å². The summed E-state index contributed by atoms with van der Waals surface area (Å²) in [6.07, 6.45) is 2.20. The molecule has 1 aliphatic rings. The Labute approximate surface area is 118 Å². The molecule has 0 aromatic rings. The molecule has 1 aliphatic heterocycles. The summed E-state index contributed by atoms with van der Waals surface area (Å²) in [7, 11) is 2.15. The molecular weight excluding hydrogens is 238 g/mol. The fourth-order valence-corrected chi connectivity index (χ4v) is 3.09. The first-order valence-electron chi connectivity index (χ1n) is 7.31. The molecule has 1 rings (SSSR count). The summed E-state index contributed by atoms with van der Waals surface area (Å²) in [4.78, 5) is 2.37. The van der Waals surface area contributed by atoms with Crippen LogP contribution < -0.4 is 5.32 Å². The number of ether oxygens (including phenoxy) is 1. The van der Waals surface area contributed by atoms with Gasteiger partial charge in [0.05, 0.1) is 12.2 Å². The van der Waals surface area contributed by atoms with Crippen molar-refractivity contribution in [3.8, 4) is 6.07 Å². The van der Waals surface area contributed by atoms with E-state index in [9.17, 15) is 5.26 Å². The predicted molar refractivity (Wildman–Crippen MR) is 78.0 cm³/mol. The molecule has 1 fully saturated rings. The molecule has 4 heteroatoms. The topological polar surface area (TPSA) is 48.3 Å². The van der Waals surface area contributed by atoms with E-state index in [1.165, 1.54) is 0 Å². The molecule has 0 bridgehead atoms. The molecule has 4 unspecified atom stereocenters. The number of likely N-dealkylation sites (N-methyl/N-ethyl adjacent to an activating group) is 1. The van der Waals surface area contributed by atoms with Crippen molar-refractivity contribution in [2.45, 2.75) is 77.2 Å². The third-order valence-corrected chi connectivity index (χ3v) is 4.11. The zero-order valence-corrected chi connectivity index (χ0v) is 13.2. The third-order valence-electron chi connectivity index (χ3n) is 4.11. The summed E-state index contributed by atoms with van der Waals surface area (Å²) in [5, 5.41) is 12.8. The maximum atomic E-state index is 9.43. The molecule has 19 heavy (non-hydrogen) atoms. The SMILES string of the molecule is CC(C)NC(C)(C#N)CC(C)N(C)C1CCOC1C. The van der Waals surface area contributed by atoms with Crippen molar-refractivity contribution in [2.24, 2.45) is 0 Å². The first-order valence-corrected chi connectivity index (χ1v) is 7.31. The average Bonchev–Trinajstić information content (AvgIpc) is 2.73. The van der Waals surface area contributed by atoms with Gasteiger partial charge in [-0.2, -0.15) is 5.26 Å². The maximum absolute atomic E-state index is 9.43. The van der Waals surface area contributed by atoms with Crippen LogP contribution in [0.25, 0.3) is 0 Å². The van der Waals surface area contributed by atoms with Gasteiger partial charge in [0.1, 0.15) is 5.54 Å². The number of hydrogen-bond acceptors (Lipinski definition) is 4. The Morgan fingerprint density at radius 1 is 1.47 bits per heavy atom. The molecule has 0 aliphatic carbocycles. The second-order valence-electron chi connectivity index (χ2n) is 6.39. The van der Waals surface area contributed by atoms with Crippen LogP contribution in [-0.2, 0) is 4.74 Å². The van der Waals surface area contributed by atoms with E-state index in [2.05, 4.69) is 51.0 Å². The molecule has 4 nitrogen and oxygen atoms in total. The van der Waals surface area contributed by atoms with Crippen molar-refractivity contribution in [2.75, 3.05) is 13.7 Å². The van der Waals surface area contributed by atoms with E-state index < -0.39 is 5.54 Å². The molecule has 0 aromatic heterocycles. The molecule has 0 aromatic carbocycles. The van der Waals surface area contributed by atoms with Crippen LogP contribution in [0.2, 0.25) is 0 Å². The summed E-state index contributed by atoms with van der Waals surface area (Å²) < 4.78 is 5.64. The highest BCUT2D eigenvalue weighted by atomic mass is 16.5. The number of nitrogens with zero attached hydrogens (tertiary/aromatic N) is 2. The summed E-state index contributed by atoms with van der Waals surface area (Å²) in [5.41, 5.74) is -0.468. The maximum Gasteiger partial charge on any atom is 0.105 e. The van der Waals surface area contributed by atoms with Gasteiger partial charge in [0.25, 0.3) is 0 Å². The number of rotatable bonds is 6. The molecule has 4 atom stereocenters. The van der Waals surface area contributed by atoms with Crippen LogP contribution in [-0.4, -0.2) is 48.3 Å².